The van der Waals surface area contributed by atoms with Gasteiger partial charge >= 0.3 is 0 Å². The minimum absolute atomic E-state index is 0.605. The highest BCUT2D eigenvalue weighted by Crippen LogP contribution is 2.23. The Bertz CT molecular complexity index is 274. The van der Waals surface area contributed by atoms with Crippen LogP contribution in [-0.2, 0) is 0 Å². The summed E-state index contributed by atoms with van der Waals surface area (Å²) in [5.74, 6) is 0. The van der Waals surface area contributed by atoms with Crippen LogP contribution in [0.3, 0.4) is 0 Å². The molecule has 1 aliphatic heterocycles. The maximum absolute atomic E-state index is 3.56. The summed E-state index contributed by atoms with van der Waals surface area (Å²) in [6.07, 6.45) is 4.00. The van der Waals surface area contributed by atoms with Gasteiger partial charge in [-0.3, -0.25) is 0 Å². The van der Waals surface area contributed by atoms with Crippen LogP contribution < -0.4 is 5.32 Å². The molecule has 1 aliphatic rings. The maximum Gasteiger partial charge on any atom is 0.0320 e. The third-order valence-electron chi connectivity index (χ3n) is 2.75. The summed E-state index contributed by atoms with van der Waals surface area (Å²) in [5, 5.41) is 3.56. The summed E-state index contributed by atoms with van der Waals surface area (Å²) in [4.78, 5) is 0. The highest BCUT2D eigenvalue weighted by molar-refractivity contribution is 5.25. The highest BCUT2D eigenvalue weighted by atomic mass is 14.9. The van der Waals surface area contributed by atoms with Crippen molar-refractivity contribution >= 4 is 0 Å². The third kappa shape index (κ3) is 2.10. The highest BCUT2D eigenvalue weighted by Gasteiger charge is 2.13. The molecule has 1 fully saturated rings. The molecule has 1 aromatic carbocycles. The quantitative estimate of drug-likeness (QED) is 0.692. The average molecular weight is 175 g/mol. The lowest BCUT2D eigenvalue weighted by Crippen LogP contribution is -2.26. The maximum atomic E-state index is 3.56. The Morgan fingerprint density at radius 2 is 2.23 bits per heavy atom. The SMILES string of the molecule is Cc1cccc([C@@H]2CCCCN2)c1. The van der Waals surface area contributed by atoms with E-state index in [-0.39, 0.29) is 0 Å². The largest absolute Gasteiger partial charge is 0.310 e. The lowest BCUT2D eigenvalue weighted by atomic mass is 9.96. The van der Waals surface area contributed by atoms with Crippen LogP contribution in [0.1, 0.15) is 36.4 Å². The molecule has 2 rings (SSSR count). The second kappa shape index (κ2) is 3.93. The standard InChI is InChI=1S/C12H17N/c1-10-5-4-6-11(9-10)12-7-2-3-8-13-12/h4-6,9,12-13H,2-3,7-8H2,1H3/t12-/m0/s1. The number of piperidine rings is 1. The third-order valence-corrected chi connectivity index (χ3v) is 2.75. The van der Waals surface area contributed by atoms with E-state index in [9.17, 15) is 0 Å². The molecule has 1 heterocycles. The van der Waals surface area contributed by atoms with Crippen LogP contribution in [0.2, 0.25) is 0 Å². The van der Waals surface area contributed by atoms with Gasteiger partial charge in [0.05, 0.1) is 0 Å². The summed E-state index contributed by atoms with van der Waals surface area (Å²) in [6.45, 7) is 3.34. The first kappa shape index (κ1) is 8.76. The first-order valence-electron chi connectivity index (χ1n) is 5.16. The van der Waals surface area contributed by atoms with Crippen LogP contribution in [0.25, 0.3) is 0 Å². The van der Waals surface area contributed by atoms with Gasteiger partial charge in [0.25, 0.3) is 0 Å². The molecule has 0 aliphatic carbocycles. The molecule has 1 nitrogen and oxygen atoms in total. The first-order chi connectivity index (χ1) is 6.36. The second-order valence-electron chi connectivity index (χ2n) is 3.92. The zero-order chi connectivity index (χ0) is 9.10. The van der Waals surface area contributed by atoms with Crippen molar-refractivity contribution in [1.82, 2.24) is 5.32 Å². The fraction of sp³-hybridized carbons (Fsp3) is 0.500. The van der Waals surface area contributed by atoms with Gasteiger partial charge in [0.15, 0.2) is 0 Å². The molecule has 1 aromatic rings. The van der Waals surface area contributed by atoms with Crippen molar-refractivity contribution in [2.75, 3.05) is 6.54 Å². The van der Waals surface area contributed by atoms with Crippen molar-refractivity contribution in [2.45, 2.75) is 32.2 Å². The van der Waals surface area contributed by atoms with Gasteiger partial charge in [0.1, 0.15) is 0 Å². The number of benzene rings is 1. The van der Waals surface area contributed by atoms with E-state index in [1.165, 1.54) is 36.9 Å². The minimum Gasteiger partial charge on any atom is -0.310 e. The summed E-state index contributed by atoms with van der Waals surface area (Å²) in [5.41, 5.74) is 2.82. The van der Waals surface area contributed by atoms with Crippen LogP contribution in [0.4, 0.5) is 0 Å². The number of rotatable bonds is 1. The van der Waals surface area contributed by atoms with Gasteiger partial charge in [-0.1, -0.05) is 36.2 Å². The van der Waals surface area contributed by atoms with E-state index < -0.39 is 0 Å². The van der Waals surface area contributed by atoms with Crippen LogP contribution in [0.5, 0.6) is 0 Å². The Labute approximate surface area is 80.2 Å². The summed E-state index contributed by atoms with van der Waals surface area (Å²) in [6, 6.07) is 9.44. The van der Waals surface area contributed by atoms with Crippen molar-refractivity contribution < 1.29 is 0 Å². The smallest absolute Gasteiger partial charge is 0.0320 e. The normalized spacial score (nSPS) is 23.0. The van der Waals surface area contributed by atoms with Gasteiger partial charge in [-0.05, 0) is 31.9 Å². The van der Waals surface area contributed by atoms with Gasteiger partial charge in [0, 0.05) is 6.04 Å². The van der Waals surface area contributed by atoms with Gasteiger partial charge in [-0.2, -0.15) is 0 Å². The molecule has 1 atom stereocenters. The summed E-state index contributed by atoms with van der Waals surface area (Å²) < 4.78 is 0. The van der Waals surface area contributed by atoms with E-state index in [0.717, 1.165) is 0 Å². The topological polar surface area (TPSA) is 12.0 Å². The van der Waals surface area contributed by atoms with Crippen molar-refractivity contribution in [1.29, 1.82) is 0 Å². The van der Waals surface area contributed by atoms with Crippen molar-refractivity contribution in [3.05, 3.63) is 35.4 Å². The van der Waals surface area contributed by atoms with Crippen molar-refractivity contribution in [3.63, 3.8) is 0 Å². The van der Waals surface area contributed by atoms with Crippen LogP contribution in [0, 0.1) is 6.92 Å². The molecule has 0 bridgehead atoms. The molecule has 0 aromatic heterocycles. The number of nitrogens with one attached hydrogen (secondary N) is 1. The lowest BCUT2D eigenvalue weighted by molar-refractivity contribution is 0.412. The Kier molecular flexibility index (Phi) is 2.65. The van der Waals surface area contributed by atoms with E-state index in [1.54, 1.807) is 0 Å². The predicted molar refractivity (Wildman–Crippen MR) is 55.8 cm³/mol. The Morgan fingerprint density at radius 3 is 2.92 bits per heavy atom. The van der Waals surface area contributed by atoms with Crippen LogP contribution in [0.15, 0.2) is 24.3 Å². The van der Waals surface area contributed by atoms with Gasteiger partial charge in [-0.25, -0.2) is 0 Å². The zero-order valence-electron chi connectivity index (χ0n) is 8.22. The second-order valence-corrected chi connectivity index (χ2v) is 3.92. The molecule has 1 heteroatoms. The first-order valence-corrected chi connectivity index (χ1v) is 5.16. The van der Waals surface area contributed by atoms with Crippen molar-refractivity contribution in [3.8, 4) is 0 Å². The van der Waals surface area contributed by atoms with Crippen molar-refractivity contribution in [2.24, 2.45) is 0 Å². The molecule has 70 valence electrons. The molecule has 0 saturated carbocycles. The zero-order valence-corrected chi connectivity index (χ0v) is 8.22. The Hall–Kier alpha value is -0.820. The molecular weight excluding hydrogens is 158 g/mol. The van der Waals surface area contributed by atoms with E-state index in [2.05, 4.69) is 36.5 Å². The molecule has 1 saturated heterocycles. The minimum atomic E-state index is 0.605. The molecule has 0 radical (unpaired) electrons. The average Bonchev–Trinajstić information content (AvgIpc) is 2.19. The molecule has 1 N–H and O–H groups in total. The molecule has 0 amide bonds. The monoisotopic (exact) mass is 175 g/mol. The number of hydrogen-bond donors (Lipinski definition) is 1. The van der Waals surface area contributed by atoms with Crippen LogP contribution in [-0.4, -0.2) is 6.54 Å². The molecule has 0 spiro atoms. The molecule has 0 unspecified atom stereocenters. The molecule has 13 heavy (non-hydrogen) atoms. The van der Waals surface area contributed by atoms with E-state index in [4.69, 9.17) is 0 Å². The summed E-state index contributed by atoms with van der Waals surface area (Å²) >= 11 is 0. The fourth-order valence-electron chi connectivity index (χ4n) is 2.02. The van der Waals surface area contributed by atoms with Gasteiger partial charge in [-0.15, -0.1) is 0 Å². The Balaban J connectivity index is 2.14. The summed E-state index contributed by atoms with van der Waals surface area (Å²) in [7, 11) is 0. The van der Waals surface area contributed by atoms with Gasteiger partial charge < -0.3 is 5.32 Å². The van der Waals surface area contributed by atoms with E-state index in [1.807, 2.05) is 0 Å². The molecular formula is C12H17N. The van der Waals surface area contributed by atoms with E-state index >= 15 is 0 Å². The van der Waals surface area contributed by atoms with Crippen LogP contribution >= 0.6 is 0 Å². The fourth-order valence-corrected chi connectivity index (χ4v) is 2.02. The Morgan fingerprint density at radius 1 is 1.31 bits per heavy atom. The lowest BCUT2D eigenvalue weighted by Gasteiger charge is -2.24. The number of hydrogen-bond acceptors (Lipinski definition) is 1. The van der Waals surface area contributed by atoms with Gasteiger partial charge in [0.2, 0.25) is 0 Å². The predicted octanol–water partition coefficient (Wildman–Crippen LogP) is 2.81. The number of aryl methyl sites for hydroxylation is 1. The van der Waals surface area contributed by atoms with E-state index in [0.29, 0.717) is 6.04 Å².